The molecule has 0 aliphatic carbocycles. The molecule has 0 saturated carbocycles. The largest absolute Gasteiger partial charge is 0.497 e. The Labute approximate surface area is 167 Å². The maximum atomic E-state index is 13.6. The summed E-state index contributed by atoms with van der Waals surface area (Å²) in [5, 5.41) is 1.91. The van der Waals surface area contributed by atoms with Gasteiger partial charge in [0, 0.05) is 11.7 Å². The van der Waals surface area contributed by atoms with Crippen molar-refractivity contribution in [1.82, 2.24) is 9.55 Å². The molecule has 0 spiro atoms. The smallest absolute Gasteiger partial charge is 0.267 e. The van der Waals surface area contributed by atoms with Crippen molar-refractivity contribution in [1.29, 1.82) is 0 Å². The maximum absolute atomic E-state index is 13.6. The molecule has 3 heterocycles. The predicted octanol–water partition coefficient (Wildman–Crippen LogP) is 2.53. The summed E-state index contributed by atoms with van der Waals surface area (Å²) in [6.07, 6.45) is 0.942. The molecule has 5 nitrogen and oxygen atoms in total. The van der Waals surface area contributed by atoms with Crippen LogP contribution < -0.4 is 15.2 Å². The molecule has 1 N–H and O–H groups in total. The van der Waals surface area contributed by atoms with E-state index in [1.165, 1.54) is 15.3 Å². The molecule has 27 heavy (non-hydrogen) atoms. The molecule has 2 aromatic heterocycles. The molecule has 0 fully saturated rings. The van der Waals surface area contributed by atoms with E-state index in [2.05, 4.69) is 20.9 Å². The molecule has 142 valence electrons. The quantitative estimate of drug-likeness (QED) is 0.538. The zero-order chi connectivity index (χ0) is 19.1. The van der Waals surface area contributed by atoms with E-state index in [0.29, 0.717) is 5.25 Å². The fourth-order valence-electron chi connectivity index (χ4n) is 3.49. The predicted molar refractivity (Wildman–Crippen MR) is 112 cm³/mol. The van der Waals surface area contributed by atoms with E-state index >= 15 is 0 Å². The first kappa shape index (κ1) is 18.5. The van der Waals surface area contributed by atoms with Gasteiger partial charge < -0.3 is 9.64 Å². The van der Waals surface area contributed by atoms with Crippen LogP contribution >= 0.6 is 23.1 Å². The van der Waals surface area contributed by atoms with Crippen LogP contribution in [0.4, 0.5) is 0 Å². The third kappa shape index (κ3) is 3.39. The number of ether oxygens (including phenoxy) is 1. The Hall–Kier alpha value is -1.83. The van der Waals surface area contributed by atoms with Crippen LogP contribution in [0.3, 0.4) is 0 Å². The first-order valence-corrected chi connectivity index (χ1v) is 10.9. The minimum atomic E-state index is 0.0466. The van der Waals surface area contributed by atoms with E-state index in [9.17, 15) is 4.79 Å². The van der Waals surface area contributed by atoms with Gasteiger partial charge >= 0.3 is 0 Å². The van der Waals surface area contributed by atoms with Crippen LogP contribution in [0.2, 0.25) is 0 Å². The number of hydrogen-bond acceptors (Lipinski definition) is 5. The maximum Gasteiger partial charge on any atom is 0.267 e. The first-order valence-electron chi connectivity index (χ1n) is 9.17. The number of nitrogens with zero attached hydrogens (tertiary/aromatic N) is 2. The highest BCUT2D eigenvalue weighted by Crippen LogP contribution is 2.32. The lowest BCUT2D eigenvalue weighted by Gasteiger charge is -2.19. The molecule has 4 rings (SSSR count). The van der Waals surface area contributed by atoms with Crippen molar-refractivity contribution in [2.24, 2.45) is 0 Å². The van der Waals surface area contributed by atoms with Crippen molar-refractivity contribution in [2.75, 3.05) is 20.7 Å². The average molecular weight is 403 g/mol. The zero-order valence-electron chi connectivity index (χ0n) is 16.0. The number of methoxy groups -OCH3 is 1. The van der Waals surface area contributed by atoms with Crippen LogP contribution in [0, 0.1) is 0 Å². The third-order valence-corrected chi connectivity index (χ3v) is 6.90. The summed E-state index contributed by atoms with van der Waals surface area (Å²) < 4.78 is 7.03. The van der Waals surface area contributed by atoms with Gasteiger partial charge in [0.15, 0.2) is 5.16 Å². The molecular formula is C20H24N3O2S2+. The Balaban J connectivity index is 1.96. The molecule has 3 aromatic rings. The van der Waals surface area contributed by atoms with E-state index < -0.39 is 0 Å². The van der Waals surface area contributed by atoms with Gasteiger partial charge in [-0.05, 0) is 29.8 Å². The molecule has 0 radical (unpaired) electrons. The van der Waals surface area contributed by atoms with Crippen LogP contribution in [-0.4, -0.2) is 35.5 Å². The van der Waals surface area contributed by atoms with Gasteiger partial charge in [-0.15, -0.1) is 11.3 Å². The SMILES string of the molecule is COc1ccc(-n2c(SC(C)C)nc3sc4c(c3c2=O)CC[NH+](C)C4)cc1. The monoisotopic (exact) mass is 402 g/mol. The highest BCUT2D eigenvalue weighted by molar-refractivity contribution is 7.99. The van der Waals surface area contributed by atoms with Gasteiger partial charge in [0.05, 0.1) is 36.7 Å². The van der Waals surface area contributed by atoms with Crippen molar-refractivity contribution >= 4 is 33.3 Å². The van der Waals surface area contributed by atoms with Crippen LogP contribution in [0.15, 0.2) is 34.2 Å². The minimum absolute atomic E-state index is 0.0466. The second-order valence-corrected chi connectivity index (χ2v) is 9.84. The van der Waals surface area contributed by atoms with Crippen LogP contribution in [0.5, 0.6) is 5.75 Å². The van der Waals surface area contributed by atoms with Crippen LogP contribution in [0.25, 0.3) is 15.9 Å². The highest BCUT2D eigenvalue weighted by Gasteiger charge is 2.26. The Bertz CT molecular complexity index is 1040. The fraction of sp³-hybridized carbons (Fsp3) is 0.400. The number of aromatic nitrogens is 2. The topological polar surface area (TPSA) is 48.6 Å². The van der Waals surface area contributed by atoms with Crippen molar-refractivity contribution in [3.63, 3.8) is 0 Å². The molecule has 1 atom stereocenters. The number of nitrogens with one attached hydrogen (secondary N) is 1. The van der Waals surface area contributed by atoms with E-state index in [1.807, 2.05) is 24.3 Å². The number of hydrogen-bond donors (Lipinski definition) is 1. The zero-order valence-corrected chi connectivity index (χ0v) is 17.7. The third-order valence-electron chi connectivity index (χ3n) is 4.81. The summed E-state index contributed by atoms with van der Waals surface area (Å²) in [6, 6.07) is 7.62. The Morgan fingerprint density at radius 2 is 2.04 bits per heavy atom. The van der Waals surface area contributed by atoms with Crippen LogP contribution in [-0.2, 0) is 13.0 Å². The van der Waals surface area contributed by atoms with E-state index in [1.54, 1.807) is 34.8 Å². The first-order chi connectivity index (χ1) is 13.0. The van der Waals surface area contributed by atoms with Gasteiger partial charge in [-0.1, -0.05) is 25.6 Å². The molecule has 1 aromatic carbocycles. The lowest BCUT2D eigenvalue weighted by Crippen LogP contribution is -3.08. The minimum Gasteiger partial charge on any atom is -0.497 e. The molecular weight excluding hydrogens is 378 g/mol. The molecule has 1 unspecified atom stereocenters. The van der Waals surface area contributed by atoms with Crippen LogP contribution in [0.1, 0.15) is 24.3 Å². The number of thioether (sulfide) groups is 1. The summed E-state index contributed by atoms with van der Waals surface area (Å²) >= 11 is 3.32. The van der Waals surface area contributed by atoms with Gasteiger partial charge in [0.1, 0.15) is 17.1 Å². The fourth-order valence-corrected chi connectivity index (χ4v) is 5.73. The second kappa shape index (κ2) is 7.30. The number of thiophene rings is 1. The van der Waals surface area contributed by atoms with Crippen molar-refractivity contribution in [2.45, 2.75) is 37.2 Å². The Morgan fingerprint density at radius 1 is 1.30 bits per heavy atom. The van der Waals surface area contributed by atoms with E-state index in [-0.39, 0.29) is 5.56 Å². The number of benzene rings is 1. The van der Waals surface area contributed by atoms with Gasteiger partial charge in [0.25, 0.3) is 5.56 Å². The lowest BCUT2D eigenvalue weighted by atomic mass is 10.1. The Morgan fingerprint density at radius 3 is 2.70 bits per heavy atom. The second-order valence-electron chi connectivity index (χ2n) is 7.22. The highest BCUT2D eigenvalue weighted by atomic mass is 32.2. The van der Waals surface area contributed by atoms with Crippen molar-refractivity contribution in [3.05, 3.63) is 45.1 Å². The van der Waals surface area contributed by atoms with Crippen molar-refractivity contribution < 1.29 is 9.64 Å². The van der Waals surface area contributed by atoms with Gasteiger partial charge in [0.2, 0.25) is 0 Å². The molecule has 0 amide bonds. The summed E-state index contributed by atoms with van der Waals surface area (Å²) in [7, 11) is 3.85. The molecule has 7 heteroatoms. The number of quaternary nitrogens is 1. The average Bonchev–Trinajstić information content (AvgIpc) is 2.99. The van der Waals surface area contributed by atoms with Crippen molar-refractivity contribution in [3.8, 4) is 11.4 Å². The summed E-state index contributed by atoms with van der Waals surface area (Å²) in [5.74, 6) is 0.776. The normalized spacial score (nSPS) is 16.7. The number of rotatable bonds is 4. The number of likely N-dealkylation sites (N-methyl/N-ethyl adjacent to an activating group) is 1. The summed E-state index contributed by atoms with van der Waals surface area (Å²) in [5.41, 5.74) is 2.09. The van der Waals surface area contributed by atoms with Gasteiger partial charge in [-0.25, -0.2) is 4.98 Å². The molecule has 1 aliphatic heterocycles. The summed E-state index contributed by atoms with van der Waals surface area (Å²) in [4.78, 5) is 22.2. The van der Waals surface area contributed by atoms with E-state index in [4.69, 9.17) is 9.72 Å². The standard InChI is InChI=1S/C20H23N3O2S2/c1-12(2)26-20-21-18-17(15-9-10-22(3)11-16(15)27-18)19(24)23(20)13-5-7-14(25-4)8-6-13/h5-8,12H,9-11H2,1-4H3/p+1. The molecule has 0 saturated heterocycles. The van der Waals surface area contributed by atoms with Gasteiger partial charge in [-0.3, -0.25) is 9.36 Å². The summed E-state index contributed by atoms with van der Waals surface area (Å²) in [6.45, 7) is 6.28. The molecule has 1 aliphatic rings. The molecule has 0 bridgehead atoms. The number of fused-ring (bicyclic) bond motifs is 3. The lowest BCUT2D eigenvalue weighted by molar-refractivity contribution is -0.895. The van der Waals surface area contributed by atoms with Gasteiger partial charge in [-0.2, -0.15) is 0 Å². The van der Waals surface area contributed by atoms with E-state index in [0.717, 1.165) is 46.3 Å². The Kier molecular flexibility index (Phi) is 5.01.